The van der Waals surface area contributed by atoms with E-state index in [0.29, 0.717) is 38.3 Å². The average molecular weight is 449 g/mol. The first-order valence-electron chi connectivity index (χ1n) is 11.5. The molecule has 1 N–H and O–H groups in total. The van der Waals surface area contributed by atoms with E-state index in [9.17, 15) is 9.59 Å². The number of rotatable bonds is 7. The Morgan fingerprint density at radius 1 is 1.21 bits per heavy atom. The molecule has 1 aliphatic heterocycles. The Labute approximate surface area is 194 Å². The smallest absolute Gasteiger partial charge is 0.253 e. The fraction of sp³-hybridized carbons (Fsp3) is 0.440. The Morgan fingerprint density at radius 2 is 2.06 bits per heavy atom. The summed E-state index contributed by atoms with van der Waals surface area (Å²) in [5, 5.41) is 7.51. The van der Waals surface area contributed by atoms with Gasteiger partial charge in [0, 0.05) is 49.8 Å². The normalized spacial score (nSPS) is 18.3. The molecule has 2 amide bonds. The van der Waals surface area contributed by atoms with Crippen LogP contribution in [0.3, 0.4) is 0 Å². The van der Waals surface area contributed by atoms with Gasteiger partial charge in [-0.3, -0.25) is 14.3 Å². The molecule has 0 unspecified atom stereocenters. The van der Waals surface area contributed by atoms with Gasteiger partial charge in [0.2, 0.25) is 5.91 Å². The monoisotopic (exact) mass is 448 g/mol. The van der Waals surface area contributed by atoms with E-state index in [-0.39, 0.29) is 11.8 Å². The third-order valence-corrected chi connectivity index (χ3v) is 6.34. The first-order chi connectivity index (χ1) is 15.8. The average Bonchev–Trinajstić information content (AvgIpc) is 3.42. The number of likely N-dealkylation sites (tertiary alicyclic amines) is 1. The van der Waals surface area contributed by atoms with E-state index in [1.165, 1.54) is 0 Å². The Hall–Kier alpha value is -3.42. The Morgan fingerprint density at radius 3 is 2.79 bits per heavy atom. The molecule has 8 heteroatoms. The number of hydrogen-bond acceptors (Lipinski definition) is 4. The van der Waals surface area contributed by atoms with Crippen LogP contribution in [-0.4, -0.2) is 55.7 Å². The lowest BCUT2D eigenvalue weighted by Gasteiger charge is -2.39. The van der Waals surface area contributed by atoms with Gasteiger partial charge in [-0.2, -0.15) is 5.10 Å². The van der Waals surface area contributed by atoms with Crippen molar-refractivity contribution in [2.24, 2.45) is 5.41 Å². The summed E-state index contributed by atoms with van der Waals surface area (Å²) < 4.78 is 3.88. The van der Waals surface area contributed by atoms with Crippen molar-refractivity contribution >= 4 is 11.8 Å². The summed E-state index contributed by atoms with van der Waals surface area (Å²) in [5.41, 5.74) is 3.15. The predicted octanol–water partition coefficient (Wildman–Crippen LogP) is 2.80. The standard InChI is InChI=1S/C25H32N6O2/c1-19-14-20(2)31(28-19)13-10-27-24(33)25(3)8-5-11-30(17-25)23(32)22-7-4-6-21(15-22)16-29-12-9-26-18-29/h4,6-7,9,12,14-15,18H,5,8,10-11,13,16-17H2,1-3H3,(H,27,33)/t25-/m1/s1. The van der Waals surface area contributed by atoms with Crippen LogP contribution in [-0.2, 0) is 17.9 Å². The minimum atomic E-state index is -0.600. The van der Waals surface area contributed by atoms with Gasteiger partial charge in [0.1, 0.15) is 0 Å². The zero-order valence-electron chi connectivity index (χ0n) is 19.6. The zero-order chi connectivity index (χ0) is 23.4. The SMILES string of the molecule is Cc1cc(C)n(CCNC(=O)[C@]2(C)CCCN(C(=O)c3cccc(Cn4ccnc4)c3)C2)n1. The quantitative estimate of drug-likeness (QED) is 0.602. The van der Waals surface area contributed by atoms with Crippen LogP contribution in [0.25, 0.3) is 0 Å². The van der Waals surface area contributed by atoms with E-state index < -0.39 is 5.41 Å². The van der Waals surface area contributed by atoms with E-state index in [4.69, 9.17) is 0 Å². The van der Waals surface area contributed by atoms with Crippen LogP contribution in [0.4, 0.5) is 0 Å². The molecule has 1 aliphatic rings. The predicted molar refractivity (Wildman–Crippen MR) is 126 cm³/mol. The van der Waals surface area contributed by atoms with E-state index in [1.54, 1.807) is 12.5 Å². The highest BCUT2D eigenvalue weighted by atomic mass is 16.2. The van der Waals surface area contributed by atoms with E-state index in [1.807, 2.05) is 71.4 Å². The van der Waals surface area contributed by atoms with Gasteiger partial charge < -0.3 is 14.8 Å². The van der Waals surface area contributed by atoms with Crippen LogP contribution in [0.2, 0.25) is 0 Å². The van der Waals surface area contributed by atoms with Gasteiger partial charge in [-0.1, -0.05) is 12.1 Å². The first kappa shape index (κ1) is 22.8. The number of carbonyl (C=O) groups excluding carboxylic acids is 2. The van der Waals surface area contributed by atoms with Crippen LogP contribution in [0.5, 0.6) is 0 Å². The third-order valence-electron chi connectivity index (χ3n) is 6.34. The van der Waals surface area contributed by atoms with E-state index >= 15 is 0 Å². The van der Waals surface area contributed by atoms with Crippen LogP contribution in [0, 0.1) is 19.3 Å². The van der Waals surface area contributed by atoms with Gasteiger partial charge in [-0.05, 0) is 57.4 Å². The fourth-order valence-electron chi connectivity index (χ4n) is 4.56. The highest BCUT2D eigenvalue weighted by Crippen LogP contribution is 2.30. The second kappa shape index (κ2) is 9.60. The molecule has 1 atom stereocenters. The molecule has 33 heavy (non-hydrogen) atoms. The molecule has 1 fully saturated rings. The summed E-state index contributed by atoms with van der Waals surface area (Å²) in [6.45, 7) is 8.83. The maximum absolute atomic E-state index is 13.3. The molecule has 4 rings (SSSR count). The summed E-state index contributed by atoms with van der Waals surface area (Å²) in [6, 6.07) is 9.72. The maximum Gasteiger partial charge on any atom is 0.253 e. The van der Waals surface area contributed by atoms with E-state index in [0.717, 1.165) is 29.8 Å². The maximum atomic E-state index is 13.3. The highest BCUT2D eigenvalue weighted by molar-refractivity contribution is 5.95. The van der Waals surface area contributed by atoms with Gasteiger partial charge in [-0.15, -0.1) is 0 Å². The number of piperidine rings is 1. The summed E-state index contributed by atoms with van der Waals surface area (Å²) in [7, 11) is 0. The minimum absolute atomic E-state index is 0.00427. The molecule has 174 valence electrons. The van der Waals surface area contributed by atoms with Crippen molar-refractivity contribution in [3.8, 4) is 0 Å². The zero-order valence-corrected chi connectivity index (χ0v) is 19.6. The van der Waals surface area contributed by atoms with Crippen molar-refractivity contribution in [3.63, 3.8) is 0 Å². The topological polar surface area (TPSA) is 85.0 Å². The number of amides is 2. The second-order valence-electron chi connectivity index (χ2n) is 9.23. The van der Waals surface area contributed by atoms with Crippen LogP contribution < -0.4 is 5.32 Å². The third kappa shape index (κ3) is 5.32. The number of aromatic nitrogens is 4. The molecular formula is C25H32N6O2. The van der Waals surface area contributed by atoms with Crippen LogP contribution in [0.1, 0.15) is 47.1 Å². The van der Waals surface area contributed by atoms with Crippen LogP contribution >= 0.6 is 0 Å². The van der Waals surface area contributed by atoms with Crippen LogP contribution in [0.15, 0.2) is 49.1 Å². The largest absolute Gasteiger partial charge is 0.354 e. The lowest BCUT2D eigenvalue weighted by Crippen LogP contribution is -2.52. The van der Waals surface area contributed by atoms with Crippen molar-refractivity contribution in [2.75, 3.05) is 19.6 Å². The van der Waals surface area contributed by atoms with Crippen molar-refractivity contribution in [1.29, 1.82) is 0 Å². The van der Waals surface area contributed by atoms with Crippen molar-refractivity contribution in [2.45, 2.75) is 46.7 Å². The summed E-state index contributed by atoms with van der Waals surface area (Å²) >= 11 is 0. The second-order valence-corrected chi connectivity index (χ2v) is 9.23. The number of hydrogen-bond donors (Lipinski definition) is 1. The first-order valence-corrected chi connectivity index (χ1v) is 11.5. The molecule has 0 saturated carbocycles. The molecule has 1 aromatic carbocycles. The molecule has 0 aliphatic carbocycles. The van der Waals surface area contributed by atoms with Gasteiger partial charge in [0.05, 0.1) is 24.0 Å². The Kier molecular flexibility index (Phi) is 6.62. The number of benzene rings is 1. The lowest BCUT2D eigenvalue weighted by atomic mass is 9.80. The highest BCUT2D eigenvalue weighted by Gasteiger charge is 2.39. The van der Waals surface area contributed by atoms with E-state index in [2.05, 4.69) is 15.4 Å². The van der Waals surface area contributed by atoms with Gasteiger partial charge in [0.25, 0.3) is 5.91 Å². The lowest BCUT2D eigenvalue weighted by molar-refractivity contribution is -0.132. The molecule has 0 radical (unpaired) electrons. The molecule has 2 aromatic heterocycles. The Balaban J connectivity index is 1.37. The molecular weight excluding hydrogens is 416 g/mol. The fourth-order valence-corrected chi connectivity index (χ4v) is 4.56. The number of imidazole rings is 1. The minimum Gasteiger partial charge on any atom is -0.354 e. The van der Waals surface area contributed by atoms with Crippen molar-refractivity contribution in [3.05, 3.63) is 71.6 Å². The molecule has 3 heterocycles. The summed E-state index contributed by atoms with van der Waals surface area (Å²) in [4.78, 5) is 32.2. The number of carbonyl (C=O) groups is 2. The van der Waals surface area contributed by atoms with Gasteiger partial charge in [0.15, 0.2) is 0 Å². The number of aryl methyl sites for hydroxylation is 2. The molecule has 1 saturated heterocycles. The van der Waals surface area contributed by atoms with Gasteiger partial charge >= 0.3 is 0 Å². The summed E-state index contributed by atoms with van der Waals surface area (Å²) in [5.74, 6) is -0.0285. The Bertz CT molecular complexity index is 1120. The van der Waals surface area contributed by atoms with Gasteiger partial charge in [-0.25, -0.2) is 4.98 Å². The van der Waals surface area contributed by atoms with Crippen molar-refractivity contribution < 1.29 is 9.59 Å². The molecule has 0 bridgehead atoms. The number of nitrogens with zero attached hydrogens (tertiary/aromatic N) is 5. The van der Waals surface area contributed by atoms with Crippen molar-refractivity contribution in [1.82, 2.24) is 29.5 Å². The molecule has 0 spiro atoms. The summed E-state index contributed by atoms with van der Waals surface area (Å²) in [6.07, 6.45) is 6.98. The number of nitrogens with one attached hydrogen (secondary N) is 1. The molecule has 8 nitrogen and oxygen atoms in total. The molecule has 3 aromatic rings.